The van der Waals surface area contributed by atoms with Gasteiger partial charge in [0.1, 0.15) is 0 Å². The Kier molecular flexibility index (Phi) is 9.31. The van der Waals surface area contributed by atoms with Crippen molar-refractivity contribution in [3.05, 3.63) is 212 Å². The standard InChI is InChI=1S/C52H34N4/c53-35-36-19-21-42(22-20-36)45-17-10-18-47(33-45)51-54-50(44-29-27-41(28-30-44)40-25-23-39(24-26-40)37-11-4-1-5-12-37)55-52(56-51)49-34-46(38-13-6-2-7-14-38)31-32-48(49)43-15-8-3-9-16-43/h1-34H. The van der Waals surface area contributed by atoms with Gasteiger partial charge < -0.3 is 0 Å². The van der Waals surface area contributed by atoms with Crippen molar-refractivity contribution in [3.63, 3.8) is 0 Å². The molecule has 0 radical (unpaired) electrons. The molecule has 1 aromatic heterocycles. The molecular weight excluding hydrogens is 681 g/mol. The maximum absolute atomic E-state index is 9.36. The number of aromatic nitrogens is 3. The van der Waals surface area contributed by atoms with Crippen LogP contribution in [-0.2, 0) is 0 Å². The minimum absolute atomic E-state index is 0.574. The van der Waals surface area contributed by atoms with Crippen LogP contribution in [0.25, 0.3) is 89.8 Å². The van der Waals surface area contributed by atoms with E-state index in [0.29, 0.717) is 23.0 Å². The summed E-state index contributed by atoms with van der Waals surface area (Å²) in [5, 5.41) is 9.36. The Morgan fingerprint density at radius 2 is 0.643 bits per heavy atom. The summed E-state index contributed by atoms with van der Waals surface area (Å²) in [6.07, 6.45) is 0. The van der Waals surface area contributed by atoms with Crippen molar-refractivity contribution in [2.24, 2.45) is 0 Å². The molecule has 4 nitrogen and oxygen atoms in total. The molecule has 0 aliphatic rings. The minimum atomic E-state index is 0.574. The molecule has 1 heterocycles. The summed E-state index contributed by atoms with van der Waals surface area (Å²) in [7, 11) is 0. The van der Waals surface area contributed by atoms with E-state index in [4.69, 9.17) is 15.0 Å². The zero-order chi connectivity index (χ0) is 37.7. The quantitative estimate of drug-likeness (QED) is 0.157. The van der Waals surface area contributed by atoms with Gasteiger partial charge in [-0.05, 0) is 79.9 Å². The number of nitrogens with zero attached hydrogens (tertiary/aromatic N) is 4. The maximum atomic E-state index is 9.36. The molecule has 4 heteroatoms. The number of rotatable bonds is 8. The summed E-state index contributed by atoms with van der Waals surface area (Å²) < 4.78 is 0. The van der Waals surface area contributed by atoms with Crippen molar-refractivity contribution >= 4 is 0 Å². The fourth-order valence-electron chi connectivity index (χ4n) is 7.04. The minimum Gasteiger partial charge on any atom is -0.208 e. The first kappa shape index (κ1) is 34.1. The van der Waals surface area contributed by atoms with Crippen LogP contribution >= 0.6 is 0 Å². The molecule has 0 atom stereocenters. The highest BCUT2D eigenvalue weighted by atomic mass is 15.0. The lowest BCUT2D eigenvalue weighted by Gasteiger charge is -2.14. The molecule has 8 aromatic carbocycles. The lowest BCUT2D eigenvalue weighted by atomic mass is 9.94. The third kappa shape index (κ3) is 7.13. The van der Waals surface area contributed by atoms with E-state index in [0.717, 1.165) is 61.2 Å². The van der Waals surface area contributed by atoms with Crippen molar-refractivity contribution in [1.82, 2.24) is 15.0 Å². The van der Waals surface area contributed by atoms with E-state index in [1.54, 1.807) is 0 Å². The van der Waals surface area contributed by atoms with Crippen LogP contribution < -0.4 is 0 Å². The predicted molar refractivity (Wildman–Crippen MR) is 228 cm³/mol. The predicted octanol–water partition coefficient (Wildman–Crippen LogP) is 13.1. The van der Waals surface area contributed by atoms with E-state index >= 15 is 0 Å². The average Bonchev–Trinajstić information content (AvgIpc) is 3.30. The monoisotopic (exact) mass is 714 g/mol. The number of nitriles is 1. The molecule has 0 aliphatic heterocycles. The van der Waals surface area contributed by atoms with Gasteiger partial charge in [0.2, 0.25) is 0 Å². The van der Waals surface area contributed by atoms with E-state index in [1.807, 2.05) is 54.6 Å². The summed E-state index contributed by atoms with van der Waals surface area (Å²) in [6, 6.07) is 72.9. The Balaban J connectivity index is 1.17. The van der Waals surface area contributed by atoms with Crippen molar-refractivity contribution in [3.8, 4) is 95.9 Å². The van der Waals surface area contributed by atoms with E-state index in [9.17, 15) is 5.26 Å². The van der Waals surface area contributed by atoms with Crippen molar-refractivity contribution in [1.29, 1.82) is 5.26 Å². The molecule has 9 rings (SSSR count). The third-order valence-corrected chi connectivity index (χ3v) is 10.0. The third-order valence-electron chi connectivity index (χ3n) is 10.0. The molecule has 0 unspecified atom stereocenters. The number of hydrogen-bond acceptors (Lipinski definition) is 4. The Labute approximate surface area is 326 Å². The van der Waals surface area contributed by atoms with Crippen molar-refractivity contribution in [2.75, 3.05) is 0 Å². The van der Waals surface area contributed by atoms with Crippen molar-refractivity contribution in [2.45, 2.75) is 0 Å². The van der Waals surface area contributed by atoms with Crippen LogP contribution in [0.5, 0.6) is 0 Å². The fourth-order valence-corrected chi connectivity index (χ4v) is 7.04. The zero-order valence-electron chi connectivity index (χ0n) is 30.4. The molecule has 0 aliphatic carbocycles. The molecule has 0 saturated heterocycles. The van der Waals surface area contributed by atoms with Crippen LogP contribution in [0.2, 0.25) is 0 Å². The Hall–Kier alpha value is -7.74. The van der Waals surface area contributed by atoms with Gasteiger partial charge in [0, 0.05) is 16.7 Å². The summed E-state index contributed by atoms with van der Waals surface area (Å²) in [4.78, 5) is 15.6. The highest BCUT2D eigenvalue weighted by Crippen LogP contribution is 2.37. The van der Waals surface area contributed by atoms with Gasteiger partial charge >= 0.3 is 0 Å². The van der Waals surface area contributed by atoms with Gasteiger partial charge in [-0.3, -0.25) is 0 Å². The van der Waals surface area contributed by atoms with Crippen LogP contribution in [0.1, 0.15) is 5.56 Å². The molecule has 0 N–H and O–H groups in total. The van der Waals surface area contributed by atoms with Gasteiger partial charge in [0.25, 0.3) is 0 Å². The fraction of sp³-hybridized carbons (Fsp3) is 0. The molecule has 0 spiro atoms. The molecule has 262 valence electrons. The van der Waals surface area contributed by atoms with Gasteiger partial charge in [-0.1, -0.05) is 182 Å². The average molecular weight is 715 g/mol. The van der Waals surface area contributed by atoms with Gasteiger partial charge in [0.15, 0.2) is 17.5 Å². The highest BCUT2D eigenvalue weighted by molar-refractivity contribution is 5.86. The number of benzene rings is 8. The van der Waals surface area contributed by atoms with Crippen LogP contribution in [0.15, 0.2) is 206 Å². The molecule has 56 heavy (non-hydrogen) atoms. The maximum Gasteiger partial charge on any atom is 0.164 e. The first-order valence-corrected chi connectivity index (χ1v) is 18.6. The van der Waals surface area contributed by atoms with Crippen LogP contribution in [0.3, 0.4) is 0 Å². The van der Waals surface area contributed by atoms with Crippen LogP contribution in [-0.4, -0.2) is 15.0 Å². The second-order valence-electron chi connectivity index (χ2n) is 13.6. The van der Waals surface area contributed by atoms with E-state index in [1.165, 1.54) is 11.1 Å². The normalized spacial score (nSPS) is 10.8. The first-order chi connectivity index (χ1) is 27.7. The Morgan fingerprint density at radius 3 is 1.21 bits per heavy atom. The zero-order valence-corrected chi connectivity index (χ0v) is 30.4. The van der Waals surface area contributed by atoms with Crippen LogP contribution in [0, 0.1) is 11.3 Å². The molecular formula is C52H34N4. The highest BCUT2D eigenvalue weighted by Gasteiger charge is 2.18. The van der Waals surface area contributed by atoms with E-state index in [2.05, 4.69) is 158 Å². The second-order valence-corrected chi connectivity index (χ2v) is 13.6. The molecule has 0 saturated carbocycles. The summed E-state index contributed by atoms with van der Waals surface area (Å²) in [5.41, 5.74) is 14.3. The lowest BCUT2D eigenvalue weighted by molar-refractivity contribution is 1.07. The molecule has 0 bridgehead atoms. The van der Waals surface area contributed by atoms with Gasteiger partial charge in [-0.15, -0.1) is 0 Å². The first-order valence-electron chi connectivity index (χ1n) is 18.6. The van der Waals surface area contributed by atoms with E-state index in [-0.39, 0.29) is 0 Å². The SMILES string of the molecule is N#Cc1ccc(-c2cccc(-c3nc(-c4ccc(-c5ccc(-c6ccccc6)cc5)cc4)nc(-c4cc(-c5ccccc5)ccc4-c4ccccc4)n3)c2)cc1. The smallest absolute Gasteiger partial charge is 0.164 e. The van der Waals surface area contributed by atoms with Gasteiger partial charge in [0.05, 0.1) is 11.6 Å². The van der Waals surface area contributed by atoms with Gasteiger partial charge in [-0.2, -0.15) is 5.26 Å². The Bertz CT molecular complexity index is 2810. The molecule has 0 amide bonds. The van der Waals surface area contributed by atoms with Gasteiger partial charge in [-0.25, -0.2) is 15.0 Å². The number of hydrogen-bond donors (Lipinski definition) is 0. The summed E-state index contributed by atoms with van der Waals surface area (Å²) >= 11 is 0. The van der Waals surface area contributed by atoms with Crippen molar-refractivity contribution < 1.29 is 0 Å². The second kappa shape index (κ2) is 15.3. The molecule has 0 fully saturated rings. The lowest BCUT2D eigenvalue weighted by Crippen LogP contribution is -2.01. The molecule has 9 aromatic rings. The summed E-state index contributed by atoms with van der Waals surface area (Å²) in [5.74, 6) is 1.75. The van der Waals surface area contributed by atoms with E-state index < -0.39 is 0 Å². The summed E-state index contributed by atoms with van der Waals surface area (Å²) in [6.45, 7) is 0. The van der Waals surface area contributed by atoms with Crippen LogP contribution in [0.4, 0.5) is 0 Å². The Morgan fingerprint density at radius 1 is 0.268 bits per heavy atom. The topological polar surface area (TPSA) is 62.5 Å². The largest absolute Gasteiger partial charge is 0.208 e.